The number of nitrogens with zero attached hydrogens (tertiary/aromatic N) is 6. The van der Waals surface area contributed by atoms with Crippen LogP contribution in [0.3, 0.4) is 0 Å². The number of likely N-dealkylation sites (tertiary alicyclic amines) is 1. The molecule has 5 rings (SSSR count). The Morgan fingerprint density at radius 2 is 2.03 bits per heavy atom. The zero-order chi connectivity index (χ0) is 24.5. The second-order valence-electron chi connectivity index (χ2n) is 8.25. The van der Waals surface area contributed by atoms with Crippen LogP contribution in [-0.2, 0) is 4.79 Å². The molecule has 1 aliphatic heterocycles. The highest BCUT2D eigenvalue weighted by Crippen LogP contribution is 2.33. The smallest absolute Gasteiger partial charge is 0.272 e. The SMILES string of the molecule is CC(=O)N1CC[C@H](Nc2nc(OCC(F)F)c3c(-c4ccc5nccnc5c4)ccn3n2)[C@H](F)C1. The quantitative estimate of drug-likeness (QED) is 0.447. The van der Waals surface area contributed by atoms with Gasteiger partial charge in [-0.3, -0.25) is 14.8 Å². The fourth-order valence-corrected chi connectivity index (χ4v) is 4.18. The first-order valence-electron chi connectivity index (χ1n) is 11.1. The number of ether oxygens (including phenoxy) is 1. The van der Waals surface area contributed by atoms with Crippen molar-refractivity contribution in [1.82, 2.24) is 29.5 Å². The van der Waals surface area contributed by atoms with Gasteiger partial charge in [0.2, 0.25) is 17.7 Å². The topological polar surface area (TPSA) is 97.5 Å². The lowest BCUT2D eigenvalue weighted by Crippen LogP contribution is -2.49. The van der Waals surface area contributed by atoms with E-state index in [2.05, 4.69) is 25.4 Å². The normalized spacial score (nSPS) is 18.4. The Morgan fingerprint density at radius 3 is 2.77 bits per heavy atom. The van der Waals surface area contributed by atoms with E-state index in [-0.39, 0.29) is 24.3 Å². The van der Waals surface area contributed by atoms with Crippen LogP contribution in [0.4, 0.5) is 19.1 Å². The van der Waals surface area contributed by atoms with Gasteiger partial charge in [0.15, 0.2) is 6.61 Å². The third kappa shape index (κ3) is 4.68. The van der Waals surface area contributed by atoms with Crippen LogP contribution in [0, 0.1) is 0 Å². The van der Waals surface area contributed by atoms with Crippen LogP contribution in [0.25, 0.3) is 27.7 Å². The summed E-state index contributed by atoms with van der Waals surface area (Å²) in [6.07, 6.45) is 1.14. The molecule has 0 aliphatic carbocycles. The molecule has 4 aromatic rings. The molecule has 3 aromatic heterocycles. The second-order valence-corrected chi connectivity index (χ2v) is 8.25. The minimum Gasteiger partial charge on any atom is -0.470 e. The lowest BCUT2D eigenvalue weighted by atomic mass is 10.0. The largest absolute Gasteiger partial charge is 0.470 e. The summed E-state index contributed by atoms with van der Waals surface area (Å²) in [6.45, 7) is 0.893. The number of nitrogens with one attached hydrogen (secondary N) is 1. The summed E-state index contributed by atoms with van der Waals surface area (Å²) in [5.74, 6) is -0.207. The molecule has 1 aromatic carbocycles. The van der Waals surface area contributed by atoms with Gasteiger partial charge >= 0.3 is 0 Å². The van der Waals surface area contributed by atoms with Crippen molar-refractivity contribution in [2.45, 2.75) is 32.0 Å². The van der Waals surface area contributed by atoms with Crippen molar-refractivity contribution in [1.29, 1.82) is 0 Å². The zero-order valence-electron chi connectivity index (χ0n) is 18.7. The molecule has 4 heterocycles. The highest BCUT2D eigenvalue weighted by atomic mass is 19.3. The molecule has 0 bridgehead atoms. The van der Waals surface area contributed by atoms with Gasteiger partial charge in [-0.25, -0.2) is 17.7 Å². The molecule has 1 aliphatic rings. The summed E-state index contributed by atoms with van der Waals surface area (Å²) in [5, 5.41) is 7.35. The number of benzene rings is 1. The standard InChI is InChI=1S/C23H22F3N7O2/c1-13(34)32-8-5-17(16(24)11-32)29-23-30-22(35-12-20(25)26)21-15(4-9-33(21)31-23)14-2-3-18-19(10-14)28-7-6-27-18/h2-4,6-7,9-10,16-17,20H,5,8,11-12H2,1H3,(H,29,31)/t16-,17+/m1/s1. The fraction of sp³-hybridized carbons (Fsp3) is 0.348. The first kappa shape index (κ1) is 22.8. The van der Waals surface area contributed by atoms with E-state index in [1.54, 1.807) is 24.7 Å². The minimum absolute atomic E-state index is 0.0391. The predicted molar refractivity (Wildman–Crippen MR) is 122 cm³/mol. The fourth-order valence-electron chi connectivity index (χ4n) is 4.18. The number of piperidine rings is 1. The average molecular weight is 485 g/mol. The van der Waals surface area contributed by atoms with Crippen LogP contribution in [-0.4, -0.2) is 73.7 Å². The number of aromatic nitrogens is 5. The lowest BCUT2D eigenvalue weighted by Gasteiger charge is -2.34. The van der Waals surface area contributed by atoms with E-state index in [9.17, 15) is 18.0 Å². The molecule has 182 valence electrons. The molecule has 1 amide bonds. The number of carbonyl (C=O) groups excluding carboxylic acids is 1. The molecule has 1 saturated heterocycles. The average Bonchev–Trinajstić information content (AvgIpc) is 3.27. The number of rotatable bonds is 6. The van der Waals surface area contributed by atoms with E-state index < -0.39 is 25.2 Å². The van der Waals surface area contributed by atoms with Crippen LogP contribution in [0.15, 0.2) is 42.9 Å². The van der Waals surface area contributed by atoms with Crippen LogP contribution in [0.1, 0.15) is 13.3 Å². The number of hydrogen-bond acceptors (Lipinski definition) is 7. The summed E-state index contributed by atoms with van der Waals surface area (Å²) >= 11 is 0. The van der Waals surface area contributed by atoms with Crippen LogP contribution in [0.2, 0.25) is 0 Å². The summed E-state index contributed by atoms with van der Waals surface area (Å²) in [5.41, 5.74) is 3.19. The summed E-state index contributed by atoms with van der Waals surface area (Å²) in [6, 6.07) is 6.61. The van der Waals surface area contributed by atoms with Crippen LogP contribution < -0.4 is 10.1 Å². The Balaban J connectivity index is 1.50. The van der Waals surface area contributed by atoms with Gasteiger partial charge in [0, 0.05) is 37.6 Å². The molecule has 12 heteroatoms. The van der Waals surface area contributed by atoms with Crippen LogP contribution in [0.5, 0.6) is 5.88 Å². The molecule has 0 unspecified atom stereocenters. The van der Waals surface area contributed by atoms with Gasteiger partial charge in [-0.1, -0.05) is 6.07 Å². The summed E-state index contributed by atoms with van der Waals surface area (Å²) in [7, 11) is 0. The van der Waals surface area contributed by atoms with Gasteiger partial charge in [-0.05, 0) is 30.2 Å². The van der Waals surface area contributed by atoms with Gasteiger partial charge < -0.3 is 15.0 Å². The molecule has 2 atom stereocenters. The summed E-state index contributed by atoms with van der Waals surface area (Å²) < 4.78 is 47.5. The zero-order valence-corrected chi connectivity index (χ0v) is 18.7. The first-order valence-corrected chi connectivity index (χ1v) is 11.1. The molecular weight excluding hydrogens is 463 g/mol. The molecule has 1 fully saturated rings. The van der Waals surface area contributed by atoms with Gasteiger partial charge in [-0.2, -0.15) is 4.98 Å². The highest BCUT2D eigenvalue weighted by molar-refractivity contribution is 5.89. The van der Waals surface area contributed by atoms with E-state index in [1.807, 2.05) is 18.2 Å². The Morgan fingerprint density at radius 1 is 1.23 bits per heavy atom. The van der Waals surface area contributed by atoms with Gasteiger partial charge in [0.1, 0.15) is 11.7 Å². The maximum absolute atomic E-state index is 14.7. The number of anilines is 1. The van der Waals surface area contributed by atoms with E-state index in [0.29, 0.717) is 35.1 Å². The van der Waals surface area contributed by atoms with Gasteiger partial charge in [0.25, 0.3) is 6.43 Å². The van der Waals surface area contributed by atoms with Crippen molar-refractivity contribution in [2.24, 2.45) is 0 Å². The number of carbonyl (C=O) groups is 1. The van der Waals surface area contributed by atoms with Crippen LogP contribution >= 0.6 is 0 Å². The lowest BCUT2D eigenvalue weighted by molar-refractivity contribution is -0.131. The van der Waals surface area contributed by atoms with E-state index in [0.717, 1.165) is 5.56 Å². The molecular formula is C23H22F3N7O2. The van der Waals surface area contributed by atoms with Gasteiger partial charge in [0.05, 0.1) is 23.6 Å². The molecule has 0 saturated carbocycles. The van der Waals surface area contributed by atoms with Crippen molar-refractivity contribution in [3.8, 4) is 17.0 Å². The number of fused-ring (bicyclic) bond motifs is 2. The monoisotopic (exact) mass is 485 g/mol. The molecule has 0 radical (unpaired) electrons. The summed E-state index contributed by atoms with van der Waals surface area (Å²) in [4.78, 5) is 25.9. The predicted octanol–water partition coefficient (Wildman–Crippen LogP) is 3.35. The number of hydrogen-bond donors (Lipinski definition) is 1. The van der Waals surface area contributed by atoms with E-state index in [1.165, 1.54) is 16.3 Å². The van der Waals surface area contributed by atoms with Crippen molar-refractivity contribution >= 4 is 28.4 Å². The van der Waals surface area contributed by atoms with E-state index >= 15 is 0 Å². The Hall–Kier alpha value is -3.96. The number of halogens is 3. The van der Waals surface area contributed by atoms with Crippen molar-refractivity contribution in [2.75, 3.05) is 25.0 Å². The van der Waals surface area contributed by atoms with Crippen molar-refractivity contribution in [3.63, 3.8) is 0 Å². The molecule has 9 nitrogen and oxygen atoms in total. The van der Waals surface area contributed by atoms with Crippen molar-refractivity contribution < 1.29 is 22.7 Å². The second kappa shape index (κ2) is 9.35. The molecule has 35 heavy (non-hydrogen) atoms. The maximum atomic E-state index is 14.7. The Kier molecular flexibility index (Phi) is 6.10. The Labute approximate surface area is 197 Å². The molecule has 0 spiro atoms. The first-order chi connectivity index (χ1) is 16.9. The highest BCUT2D eigenvalue weighted by Gasteiger charge is 2.31. The molecule has 1 N–H and O–H groups in total. The maximum Gasteiger partial charge on any atom is 0.272 e. The van der Waals surface area contributed by atoms with Gasteiger partial charge in [-0.15, -0.1) is 5.10 Å². The number of alkyl halides is 3. The third-order valence-corrected chi connectivity index (χ3v) is 5.91. The minimum atomic E-state index is -2.71. The Bertz CT molecular complexity index is 1380. The number of amides is 1. The van der Waals surface area contributed by atoms with Crippen molar-refractivity contribution in [3.05, 3.63) is 42.9 Å². The van der Waals surface area contributed by atoms with E-state index in [4.69, 9.17) is 4.74 Å². The third-order valence-electron chi connectivity index (χ3n) is 5.91.